The largest absolute Gasteiger partial charge is 0.460 e. The zero-order valence-corrected chi connectivity index (χ0v) is 6.87. The van der Waals surface area contributed by atoms with Crippen LogP contribution in [0.25, 0.3) is 0 Å². The first-order valence-electron chi connectivity index (χ1n) is 2.68. The quantitative estimate of drug-likeness (QED) is 0.403. The van der Waals surface area contributed by atoms with E-state index in [1.807, 2.05) is 0 Å². The second-order valence-corrected chi connectivity index (χ2v) is 2.85. The lowest BCUT2D eigenvalue weighted by Gasteiger charge is -2.00. The average molecular weight is 242 g/mol. The van der Waals surface area contributed by atoms with Gasteiger partial charge in [0, 0.05) is 10.8 Å². The summed E-state index contributed by atoms with van der Waals surface area (Å²) in [5, 5.41) is 8.82. The second-order valence-electron chi connectivity index (χ2n) is 1.96. The van der Waals surface area contributed by atoms with Crippen molar-refractivity contribution in [3.05, 3.63) is 0 Å². The van der Waals surface area contributed by atoms with E-state index in [0.29, 0.717) is 6.42 Å². The molecule has 3 nitrogen and oxygen atoms in total. The van der Waals surface area contributed by atoms with Gasteiger partial charge in [0.1, 0.15) is 6.10 Å². The number of carbonyl (C=O) groups is 1. The summed E-state index contributed by atoms with van der Waals surface area (Å²) < 4.78 is 5.49. The summed E-state index contributed by atoms with van der Waals surface area (Å²) in [6.07, 6.45) is -0.472. The van der Waals surface area contributed by atoms with Crippen molar-refractivity contribution in [1.82, 2.24) is 0 Å². The molecule has 1 saturated heterocycles. The Morgan fingerprint density at radius 3 is 2.78 bits per heavy atom. The fourth-order valence-electron chi connectivity index (χ4n) is 0.731. The van der Waals surface area contributed by atoms with Crippen molar-refractivity contribution in [2.45, 2.75) is 18.6 Å². The van der Waals surface area contributed by atoms with Gasteiger partial charge in [-0.1, -0.05) is 22.6 Å². The Bertz CT molecular complexity index is 125. The molecule has 0 aromatic carbocycles. The molecule has 0 bridgehead atoms. The molecule has 0 unspecified atom stereocenters. The van der Waals surface area contributed by atoms with Crippen LogP contribution < -0.4 is 0 Å². The van der Waals surface area contributed by atoms with Crippen molar-refractivity contribution >= 4 is 28.6 Å². The fourth-order valence-corrected chi connectivity index (χ4v) is 1.27. The lowest BCUT2D eigenvalue weighted by Crippen LogP contribution is -2.11. The molecule has 1 aliphatic heterocycles. The molecule has 9 heavy (non-hydrogen) atoms. The van der Waals surface area contributed by atoms with Gasteiger partial charge in [-0.15, -0.1) is 0 Å². The van der Waals surface area contributed by atoms with Gasteiger partial charge in [0.15, 0.2) is 6.10 Å². The third-order valence-corrected chi connectivity index (χ3v) is 2.20. The molecule has 0 aromatic rings. The van der Waals surface area contributed by atoms with E-state index in [9.17, 15) is 4.79 Å². The molecule has 0 aliphatic carbocycles. The van der Waals surface area contributed by atoms with Crippen LogP contribution in [0.4, 0.5) is 0 Å². The van der Waals surface area contributed by atoms with Crippen molar-refractivity contribution < 1.29 is 14.6 Å². The van der Waals surface area contributed by atoms with Crippen LogP contribution in [0, 0.1) is 0 Å². The lowest BCUT2D eigenvalue weighted by atomic mass is 10.2. The minimum Gasteiger partial charge on any atom is -0.460 e. The smallest absolute Gasteiger partial charge is 0.335 e. The molecule has 1 heterocycles. The molecule has 52 valence electrons. The van der Waals surface area contributed by atoms with Gasteiger partial charge in [0.05, 0.1) is 0 Å². The Kier molecular flexibility index (Phi) is 2.29. The molecule has 1 aliphatic rings. The Morgan fingerprint density at radius 2 is 2.56 bits per heavy atom. The van der Waals surface area contributed by atoms with Gasteiger partial charge >= 0.3 is 5.97 Å². The van der Waals surface area contributed by atoms with E-state index in [0.717, 1.165) is 4.43 Å². The summed E-state index contributed by atoms with van der Waals surface area (Å²) >= 11 is 2.12. The molecule has 1 fully saturated rings. The van der Waals surface area contributed by atoms with Crippen molar-refractivity contribution in [3.63, 3.8) is 0 Å². The van der Waals surface area contributed by atoms with E-state index in [1.54, 1.807) is 0 Å². The number of ether oxygens (including phenoxy) is 1. The van der Waals surface area contributed by atoms with E-state index in [4.69, 9.17) is 9.84 Å². The number of halogens is 1. The third-order valence-electron chi connectivity index (χ3n) is 1.21. The van der Waals surface area contributed by atoms with Crippen LogP contribution >= 0.6 is 22.6 Å². The monoisotopic (exact) mass is 242 g/mol. The Morgan fingerprint density at radius 1 is 1.89 bits per heavy atom. The fraction of sp³-hybridized carbons (Fsp3) is 0.800. The van der Waals surface area contributed by atoms with Gasteiger partial charge in [0.2, 0.25) is 0 Å². The van der Waals surface area contributed by atoms with Crippen LogP contribution in [0.5, 0.6) is 0 Å². The zero-order chi connectivity index (χ0) is 6.85. The number of aliphatic hydroxyl groups excluding tert-OH is 1. The number of alkyl halides is 1. The molecular weight excluding hydrogens is 235 g/mol. The van der Waals surface area contributed by atoms with E-state index in [1.165, 1.54) is 0 Å². The van der Waals surface area contributed by atoms with Gasteiger partial charge in [0.25, 0.3) is 0 Å². The topological polar surface area (TPSA) is 46.5 Å². The zero-order valence-electron chi connectivity index (χ0n) is 4.71. The standard InChI is InChI=1S/C5H7IO3/c6-2-3-1-4(7)5(8)9-3/h3-4,7H,1-2H2/t3-,4+/m0/s1. The molecule has 0 spiro atoms. The molecular formula is C5H7IO3. The van der Waals surface area contributed by atoms with Gasteiger partial charge in [-0.2, -0.15) is 0 Å². The molecule has 4 heteroatoms. The van der Waals surface area contributed by atoms with Crippen LogP contribution in [-0.4, -0.2) is 27.7 Å². The third kappa shape index (κ3) is 1.54. The lowest BCUT2D eigenvalue weighted by molar-refractivity contribution is -0.146. The highest BCUT2D eigenvalue weighted by Gasteiger charge is 2.31. The predicted octanol–water partition coefficient (Wildman–Crippen LogP) is 0.0978. The number of hydrogen-bond donors (Lipinski definition) is 1. The minimum atomic E-state index is -0.871. The summed E-state index contributed by atoms with van der Waals surface area (Å²) in [6, 6.07) is 0. The molecule has 0 aromatic heterocycles. The number of hydrogen-bond acceptors (Lipinski definition) is 3. The van der Waals surface area contributed by atoms with Crippen LogP contribution in [-0.2, 0) is 9.53 Å². The van der Waals surface area contributed by atoms with Gasteiger partial charge < -0.3 is 9.84 Å². The maximum atomic E-state index is 10.5. The number of rotatable bonds is 1. The molecule has 1 rings (SSSR count). The summed E-state index contributed by atoms with van der Waals surface area (Å²) in [5.41, 5.74) is 0. The number of carbonyl (C=O) groups excluding carboxylic acids is 1. The first-order valence-corrected chi connectivity index (χ1v) is 4.21. The van der Waals surface area contributed by atoms with Crippen LogP contribution in [0.2, 0.25) is 0 Å². The Balaban J connectivity index is 2.44. The number of esters is 1. The highest BCUT2D eigenvalue weighted by atomic mass is 127. The van der Waals surface area contributed by atoms with E-state index >= 15 is 0 Å². The Labute approximate surface area is 66.5 Å². The first-order chi connectivity index (χ1) is 4.24. The molecule has 0 amide bonds. The van der Waals surface area contributed by atoms with Crippen LogP contribution in [0.3, 0.4) is 0 Å². The normalized spacial score (nSPS) is 34.7. The summed E-state index contributed by atoms with van der Waals surface area (Å²) in [7, 11) is 0. The highest BCUT2D eigenvalue weighted by Crippen LogP contribution is 2.15. The van der Waals surface area contributed by atoms with Crippen molar-refractivity contribution in [2.75, 3.05) is 4.43 Å². The van der Waals surface area contributed by atoms with Crippen LogP contribution in [0.1, 0.15) is 6.42 Å². The van der Waals surface area contributed by atoms with Gasteiger partial charge in [-0.3, -0.25) is 0 Å². The number of aliphatic hydroxyl groups is 1. The Hall–Kier alpha value is 0.160. The van der Waals surface area contributed by atoms with Crippen molar-refractivity contribution in [1.29, 1.82) is 0 Å². The molecule has 0 radical (unpaired) electrons. The van der Waals surface area contributed by atoms with E-state index in [-0.39, 0.29) is 6.10 Å². The predicted molar refractivity (Wildman–Crippen MR) is 39.4 cm³/mol. The van der Waals surface area contributed by atoms with Gasteiger partial charge in [-0.25, -0.2) is 4.79 Å². The summed E-state index contributed by atoms with van der Waals surface area (Å²) in [4.78, 5) is 10.5. The second kappa shape index (κ2) is 2.83. The molecule has 0 saturated carbocycles. The van der Waals surface area contributed by atoms with E-state index < -0.39 is 12.1 Å². The molecule has 2 atom stereocenters. The maximum absolute atomic E-state index is 10.5. The minimum absolute atomic E-state index is 0.0619. The first kappa shape index (κ1) is 7.27. The maximum Gasteiger partial charge on any atom is 0.335 e. The summed E-state index contributed by atoms with van der Waals surface area (Å²) in [5.74, 6) is -0.475. The highest BCUT2D eigenvalue weighted by molar-refractivity contribution is 14.1. The van der Waals surface area contributed by atoms with E-state index in [2.05, 4.69) is 22.6 Å². The van der Waals surface area contributed by atoms with Crippen molar-refractivity contribution in [2.24, 2.45) is 0 Å². The van der Waals surface area contributed by atoms with Gasteiger partial charge in [-0.05, 0) is 0 Å². The summed E-state index contributed by atoms with van der Waals surface area (Å²) in [6.45, 7) is 0. The van der Waals surface area contributed by atoms with Crippen LogP contribution in [0.15, 0.2) is 0 Å². The average Bonchev–Trinajstić information content (AvgIpc) is 2.13. The van der Waals surface area contributed by atoms with Crippen molar-refractivity contribution in [3.8, 4) is 0 Å². The SMILES string of the molecule is O=C1O[C@H](CI)C[C@H]1O. The molecule has 1 N–H and O–H groups in total. The number of cyclic esters (lactones) is 1.